The molecule has 2 amide bonds. The van der Waals surface area contributed by atoms with Gasteiger partial charge in [0.25, 0.3) is 0 Å². The second kappa shape index (κ2) is 7.12. The van der Waals surface area contributed by atoms with Crippen LogP contribution >= 0.6 is 0 Å². The van der Waals surface area contributed by atoms with Crippen LogP contribution in [0.1, 0.15) is 30.5 Å². The van der Waals surface area contributed by atoms with Crippen molar-refractivity contribution in [1.29, 1.82) is 0 Å². The van der Waals surface area contributed by atoms with Crippen molar-refractivity contribution >= 4 is 22.5 Å². The van der Waals surface area contributed by atoms with Crippen molar-refractivity contribution in [2.24, 2.45) is 0 Å². The molecule has 1 N–H and O–H groups in total. The number of carbonyl (C=O) groups excluding carboxylic acids is 1. The molecule has 0 bridgehead atoms. The third-order valence-electron chi connectivity index (χ3n) is 4.09. The summed E-state index contributed by atoms with van der Waals surface area (Å²) in [5.41, 5.74) is 0.655. The van der Waals surface area contributed by atoms with Gasteiger partial charge in [-0.3, -0.25) is 4.21 Å². The lowest BCUT2D eigenvalue weighted by molar-refractivity contribution is 0.187. The van der Waals surface area contributed by atoms with Crippen molar-refractivity contribution in [2.75, 3.05) is 24.7 Å². The van der Waals surface area contributed by atoms with Crippen LogP contribution in [0.4, 0.5) is 10.5 Å². The molecule has 0 aliphatic carbocycles. The van der Waals surface area contributed by atoms with Gasteiger partial charge >= 0.3 is 6.03 Å². The number of urea groups is 1. The van der Waals surface area contributed by atoms with Crippen molar-refractivity contribution in [3.8, 4) is 0 Å². The summed E-state index contributed by atoms with van der Waals surface area (Å²) in [6.07, 6.45) is 3.22. The third-order valence-corrected chi connectivity index (χ3v) is 5.01. The fourth-order valence-corrected chi connectivity index (χ4v) is 3.33. The smallest absolute Gasteiger partial charge is 0.321 e. The molecule has 7 nitrogen and oxygen atoms in total. The highest BCUT2D eigenvalue weighted by atomic mass is 32.2. The summed E-state index contributed by atoms with van der Waals surface area (Å²) in [7, 11) is -1.07. The Balaban J connectivity index is 1.57. The first-order valence-electron chi connectivity index (χ1n) is 7.82. The van der Waals surface area contributed by atoms with E-state index in [9.17, 15) is 9.00 Å². The van der Waals surface area contributed by atoms with Crippen LogP contribution in [0.15, 0.2) is 33.7 Å². The number of piperidine rings is 1. The van der Waals surface area contributed by atoms with Crippen LogP contribution in [0, 0.1) is 6.92 Å². The zero-order valence-electron chi connectivity index (χ0n) is 13.7. The molecule has 1 fully saturated rings. The van der Waals surface area contributed by atoms with Gasteiger partial charge in [0.2, 0.25) is 5.89 Å². The summed E-state index contributed by atoms with van der Waals surface area (Å²) in [5, 5.41) is 6.69. The van der Waals surface area contributed by atoms with Crippen molar-refractivity contribution in [1.82, 2.24) is 15.0 Å². The van der Waals surface area contributed by atoms with E-state index in [1.165, 1.54) is 0 Å². The molecule has 3 rings (SSSR count). The molecule has 0 saturated carbocycles. The molecule has 24 heavy (non-hydrogen) atoms. The quantitative estimate of drug-likeness (QED) is 0.921. The maximum absolute atomic E-state index is 12.4. The molecule has 1 saturated heterocycles. The van der Waals surface area contributed by atoms with Gasteiger partial charge in [-0.1, -0.05) is 11.2 Å². The van der Waals surface area contributed by atoms with Crippen LogP contribution in [-0.4, -0.2) is 44.6 Å². The Morgan fingerprint density at radius 1 is 1.38 bits per heavy atom. The Morgan fingerprint density at radius 2 is 2.12 bits per heavy atom. The van der Waals surface area contributed by atoms with Gasteiger partial charge in [-0.25, -0.2) is 4.79 Å². The van der Waals surface area contributed by atoms with E-state index in [2.05, 4.69) is 15.5 Å². The van der Waals surface area contributed by atoms with Gasteiger partial charge in [-0.05, 0) is 38.0 Å². The standard InChI is InChI=1S/C16H20N4O3S/c1-11-17-15(23-19-11)12-6-8-20(9-7-12)16(21)18-13-4-3-5-14(10-13)24(2)22/h3-5,10,12H,6-9H2,1-2H3,(H,18,21)/t24-/m0/s1. The average molecular weight is 348 g/mol. The minimum atomic E-state index is -1.07. The fraction of sp³-hybridized carbons (Fsp3) is 0.438. The highest BCUT2D eigenvalue weighted by Crippen LogP contribution is 2.27. The highest BCUT2D eigenvalue weighted by molar-refractivity contribution is 7.84. The molecular formula is C16H20N4O3S. The van der Waals surface area contributed by atoms with Gasteiger partial charge in [-0.2, -0.15) is 4.98 Å². The topological polar surface area (TPSA) is 88.3 Å². The van der Waals surface area contributed by atoms with Crippen LogP contribution in [0.3, 0.4) is 0 Å². The first-order valence-corrected chi connectivity index (χ1v) is 9.38. The number of nitrogens with zero attached hydrogens (tertiary/aromatic N) is 3. The van der Waals surface area contributed by atoms with E-state index in [-0.39, 0.29) is 11.9 Å². The zero-order valence-corrected chi connectivity index (χ0v) is 14.5. The number of rotatable bonds is 3. The number of nitrogens with one attached hydrogen (secondary N) is 1. The van der Waals surface area contributed by atoms with Gasteiger partial charge in [-0.15, -0.1) is 0 Å². The maximum atomic E-state index is 12.4. The molecule has 1 aromatic heterocycles. The Hall–Kier alpha value is -2.22. The normalized spacial score (nSPS) is 16.8. The van der Waals surface area contributed by atoms with E-state index in [4.69, 9.17) is 4.52 Å². The number of hydrogen-bond donors (Lipinski definition) is 1. The Morgan fingerprint density at radius 3 is 2.75 bits per heavy atom. The number of anilines is 1. The van der Waals surface area contributed by atoms with Crippen molar-refractivity contribution < 1.29 is 13.5 Å². The van der Waals surface area contributed by atoms with Gasteiger partial charge in [0.15, 0.2) is 5.82 Å². The molecule has 0 unspecified atom stereocenters. The van der Waals surface area contributed by atoms with Crippen LogP contribution in [0.25, 0.3) is 0 Å². The Kier molecular flexibility index (Phi) is 4.94. The third kappa shape index (κ3) is 3.81. The fourth-order valence-electron chi connectivity index (χ4n) is 2.76. The van der Waals surface area contributed by atoms with Crippen LogP contribution in [0.2, 0.25) is 0 Å². The van der Waals surface area contributed by atoms with Gasteiger partial charge in [0.1, 0.15) is 0 Å². The lowest BCUT2D eigenvalue weighted by atomic mass is 9.97. The van der Waals surface area contributed by atoms with E-state index in [0.29, 0.717) is 35.4 Å². The first kappa shape index (κ1) is 16.6. The second-order valence-corrected chi connectivity index (χ2v) is 7.23. The molecule has 1 aromatic carbocycles. The first-order chi connectivity index (χ1) is 11.5. The average Bonchev–Trinajstić information content (AvgIpc) is 3.01. The number of hydrogen-bond acceptors (Lipinski definition) is 5. The molecule has 0 spiro atoms. The van der Waals surface area contributed by atoms with Crippen molar-refractivity contribution in [3.63, 3.8) is 0 Å². The molecular weight excluding hydrogens is 328 g/mol. The monoisotopic (exact) mass is 348 g/mol. The summed E-state index contributed by atoms with van der Waals surface area (Å²) in [5.74, 6) is 1.50. The molecule has 0 radical (unpaired) electrons. The predicted octanol–water partition coefficient (Wildman–Crippen LogP) is 2.53. The number of likely N-dealkylation sites (tertiary alicyclic amines) is 1. The SMILES string of the molecule is Cc1noc(C2CCN(C(=O)Nc3cccc([S@](C)=O)c3)CC2)n1. The molecule has 1 atom stereocenters. The van der Waals surface area contributed by atoms with Crippen LogP contribution in [-0.2, 0) is 10.8 Å². The van der Waals surface area contributed by atoms with Gasteiger partial charge in [0.05, 0.1) is 0 Å². The van der Waals surface area contributed by atoms with Crippen molar-refractivity contribution in [2.45, 2.75) is 30.6 Å². The van der Waals surface area contributed by atoms with Gasteiger partial charge in [0, 0.05) is 46.6 Å². The molecule has 2 heterocycles. The lowest BCUT2D eigenvalue weighted by Gasteiger charge is -2.30. The summed E-state index contributed by atoms with van der Waals surface area (Å²) in [6.45, 7) is 3.07. The largest absolute Gasteiger partial charge is 0.339 e. The number of carbonyl (C=O) groups is 1. The number of aryl methyl sites for hydroxylation is 1. The van der Waals surface area contributed by atoms with E-state index < -0.39 is 10.8 Å². The van der Waals surface area contributed by atoms with Crippen LogP contribution < -0.4 is 5.32 Å². The molecule has 128 valence electrons. The molecule has 2 aromatic rings. The number of benzene rings is 1. The molecule has 1 aliphatic heterocycles. The van der Waals surface area contributed by atoms with Gasteiger partial charge < -0.3 is 14.7 Å². The van der Waals surface area contributed by atoms with E-state index in [1.807, 2.05) is 0 Å². The van der Waals surface area contributed by atoms with E-state index in [1.54, 1.807) is 42.3 Å². The van der Waals surface area contributed by atoms with E-state index >= 15 is 0 Å². The highest BCUT2D eigenvalue weighted by Gasteiger charge is 2.27. The summed E-state index contributed by atoms with van der Waals surface area (Å²) in [6, 6.07) is 6.96. The van der Waals surface area contributed by atoms with E-state index in [0.717, 1.165) is 12.8 Å². The Bertz CT molecular complexity index is 753. The summed E-state index contributed by atoms with van der Waals surface area (Å²) < 4.78 is 16.7. The molecule has 1 aliphatic rings. The number of aromatic nitrogens is 2. The maximum Gasteiger partial charge on any atom is 0.321 e. The lowest BCUT2D eigenvalue weighted by Crippen LogP contribution is -2.40. The van der Waals surface area contributed by atoms with Crippen LogP contribution in [0.5, 0.6) is 0 Å². The predicted molar refractivity (Wildman–Crippen MR) is 90.4 cm³/mol. The zero-order chi connectivity index (χ0) is 17.1. The van der Waals surface area contributed by atoms with Crippen molar-refractivity contribution in [3.05, 3.63) is 36.0 Å². The summed E-state index contributed by atoms with van der Waals surface area (Å²) in [4.78, 5) is 19.1. The minimum Gasteiger partial charge on any atom is -0.339 e. The number of amides is 2. The summed E-state index contributed by atoms with van der Waals surface area (Å²) >= 11 is 0. The minimum absolute atomic E-state index is 0.144. The molecule has 8 heteroatoms. The Labute approximate surface area is 142 Å². The second-order valence-electron chi connectivity index (χ2n) is 5.85.